The smallest absolute Gasteiger partial charge is 0.268 e. The van der Waals surface area contributed by atoms with E-state index in [-0.39, 0.29) is 11.5 Å². The van der Waals surface area contributed by atoms with E-state index in [1.807, 2.05) is 0 Å². The van der Waals surface area contributed by atoms with Crippen LogP contribution in [0.15, 0.2) is 17.1 Å². The molecule has 3 rings (SSSR count). The zero-order chi connectivity index (χ0) is 16.4. The van der Waals surface area contributed by atoms with Gasteiger partial charge in [-0.1, -0.05) is 6.92 Å². The largest absolute Gasteiger partial charge is 0.370 e. The van der Waals surface area contributed by atoms with Crippen molar-refractivity contribution in [1.82, 2.24) is 14.7 Å². The fraction of sp³-hybridized carbons (Fsp3) is 0.706. The van der Waals surface area contributed by atoms with Crippen LogP contribution in [0.2, 0.25) is 0 Å². The highest BCUT2D eigenvalue weighted by molar-refractivity contribution is 5.79. The number of hydrogen-bond donors (Lipinski definition) is 0. The summed E-state index contributed by atoms with van der Waals surface area (Å²) >= 11 is 0. The normalized spacial score (nSPS) is 20.8. The molecule has 1 aromatic heterocycles. The van der Waals surface area contributed by atoms with E-state index in [2.05, 4.69) is 21.8 Å². The molecule has 0 unspecified atom stereocenters. The molecule has 1 aromatic rings. The van der Waals surface area contributed by atoms with Gasteiger partial charge < -0.3 is 9.80 Å². The molecule has 0 saturated carbocycles. The Hall–Kier alpha value is -1.85. The molecule has 6 nitrogen and oxygen atoms in total. The van der Waals surface area contributed by atoms with Crippen LogP contribution < -0.4 is 10.5 Å². The molecule has 2 fully saturated rings. The van der Waals surface area contributed by atoms with Crippen molar-refractivity contribution >= 4 is 11.6 Å². The fourth-order valence-electron chi connectivity index (χ4n) is 3.50. The number of hydrogen-bond acceptors (Lipinski definition) is 4. The third-order valence-corrected chi connectivity index (χ3v) is 5.26. The zero-order valence-corrected chi connectivity index (χ0v) is 14.1. The van der Waals surface area contributed by atoms with Crippen molar-refractivity contribution < 1.29 is 4.79 Å². The number of carbonyl (C=O) groups is 1. The molecule has 126 valence electrons. The highest BCUT2D eigenvalue weighted by Gasteiger charge is 2.30. The van der Waals surface area contributed by atoms with Crippen LogP contribution >= 0.6 is 0 Å². The van der Waals surface area contributed by atoms with Gasteiger partial charge in [0.2, 0.25) is 5.91 Å². The highest BCUT2D eigenvalue weighted by atomic mass is 16.2. The van der Waals surface area contributed by atoms with Crippen LogP contribution in [0.1, 0.15) is 32.6 Å². The number of nitrogens with zero attached hydrogens (tertiary/aromatic N) is 4. The van der Waals surface area contributed by atoms with Crippen LogP contribution in [0.3, 0.4) is 0 Å². The Morgan fingerprint density at radius 3 is 2.39 bits per heavy atom. The number of carbonyl (C=O) groups excluding carboxylic acids is 1. The van der Waals surface area contributed by atoms with Crippen molar-refractivity contribution in [3.63, 3.8) is 0 Å². The lowest BCUT2D eigenvalue weighted by Crippen LogP contribution is -2.45. The molecule has 0 aromatic carbocycles. The fourth-order valence-corrected chi connectivity index (χ4v) is 3.50. The molecule has 3 heterocycles. The van der Waals surface area contributed by atoms with E-state index in [1.165, 1.54) is 4.68 Å². The SMILES string of the molecule is CC1CCN(C(=O)C2CCN(c3cnn(C)c(=O)c3)CC2)CC1. The number of amides is 1. The average molecular weight is 318 g/mol. The van der Waals surface area contributed by atoms with Gasteiger partial charge in [-0.25, -0.2) is 4.68 Å². The van der Waals surface area contributed by atoms with Crippen LogP contribution in [0, 0.1) is 11.8 Å². The Balaban J connectivity index is 1.56. The summed E-state index contributed by atoms with van der Waals surface area (Å²) in [6, 6.07) is 1.63. The minimum Gasteiger partial charge on any atom is -0.370 e. The first-order chi connectivity index (χ1) is 11.0. The maximum atomic E-state index is 12.6. The van der Waals surface area contributed by atoms with Crippen LogP contribution in [0.5, 0.6) is 0 Å². The zero-order valence-electron chi connectivity index (χ0n) is 14.1. The summed E-state index contributed by atoms with van der Waals surface area (Å²) in [6.07, 6.45) is 5.71. The van der Waals surface area contributed by atoms with Crippen molar-refractivity contribution in [2.75, 3.05) is 31.1 Å². The second kappa shape index (κ2) is 6.72. The van der Waals surface area contributed by atoms with Crippen LogP contribution in [-0.2, 0) is 11.8 Å². The van der Waals surface area contributed by atoms with Gasteiger partial charge in [-0.15, -0.1) is 0 Å². The molecular formula is C17H26N4O2. The molecule has 2 aliphatic rings. The lowest BCUT2D eigenvalue weighted by molar-refractivity contribution is -0.137. The van der Waals surface area contributed by atoms with Gasteiger partial charge in [0.15, 0.2) is 0 Å². The van der Waals surface area contributed by atoms with Gasteiger partial charge in [-0.3, -0.25) is 9.59 Å². The molecule has 0 spiro atoms. The van der Waals surface area contributed by atoms with E-state index in [0.29, 0.717) is 5.91 Å². The van der Waals surface area contributed by atoms with E-state index in [0.717, 1.165) is 63.5 Å². The van der Waals surface area contributed by atoms with Gasteiger partial charge in [0, 0.05) is 45.2 Å². The first-order valence-corrected chi connectivity index (χ1v) is 8.61. The molecule has 2 saturated heterocycles. The number of aromatic nitrogens is 2. The molecular weight excluding hydrogens is 292 g/mol. The average Bonchev–Trinajstić information content (AvgIpc) is 2.57. The van der Waals surface area contributed by atoms with Crippen LogP contribution in [-0.4, -0.2) is 46.8 Å². The lowest BCUT2D eigenvalue weighted by Gasteiger charge is -2.37. The van der Waals surface area contributed by atoms with Crippen LogP contribution in [0.4, 0.5) is 5.69 Å². The Bertz CT molecular complexity index is 611. The molecule has 1 amide bonds. The van der Waals surface area contributed by atoms with Gasteiger partial charge in [-0.2, -0.15) is 5.10 Å². The Morgan fingerprint density at radius 1 is 1.13 bits per heavy atom. The minimum atomic E-state index is -0.0943. The number of likely N-dealkylation sites (tertiary alicyclic amines) is 1. The maximum Gasteiger partial charge on any atom is 0.268 e. The predicted octanol–water partition coefficient (Wildman–Crippen LogP) is 1.26. The van der Waals surface area contributed by atoms with E-state index in [4.69, 9.17) is 0 Å². The lowest BCUT2D eigenvalue weighted by atomic mass is 9.92. The summed E-state index contributed by atoms with van der Waals surface area (Å²) < 4.78 is 1.33. The summed E-state index contributed by atoms with van der Waals surface area (Å²) in [6.45, 7) is 5.72. The molecule has 23 heavy (non-hydrogen) atoms. The van der Waals surface area contributed by atoms with E-state index in [1.54, 1.807) is 19.3 Å². The second-order valence-corrected chi connectivity index (χ2v) is 6.94. The standard InChI is InChI=1S/C17H26N4O2/c1-13-3-7-21(8-4-13)17(23)14-5-9-20(10-6-14)15-11-16(22)19(2)18-12-15/h11-14H,3-10H2,1-2H3. The minimum absolute atomic E-state index is 0.0943. The monoisotopic (exact) mass is 318 g/mol. The number of piperidine rings is 2. The summed E-state index contributed by atoms with van der Waals surface area (Å²) in [5, 5.41) is 4.08. The number of aryl methyl sites for hydroxylation is 1. The summed E-state index contributed by atoms with van der Waals surface area (Å²) in [7, 11) is 1.65. The summed E-state index contributed by atoms with van der Waals surface area (Å²) in [5.41, 5.74) is 0.772. The summed E-state index contributed by atoms with van der Waals surface area (Å²) in [4.78, 5) is 28.6. The van der Waals surface area contributed by atoms with Crippen molar-refractivity contribution in [2.24, 2.45) is 18.9 Å². The van der Waals surface area contributed by atoms with E-state index in [9.17, 15) is 9.59 Å². The molecule has 0 atom stereocenters. The molecule has 6 heteroatoms. The molecule has 0 bridgehead atoms. The van der Waals surface area contributed by atoms with Gasteiger partial charge in [0.05, 0.1) is 11.9 Å². The molecule has 0 radical (unpaired) electrons. The van der Waals surface area contributed by atoms with Gasteiger partial charge in [-0.05, 0) is 31.6 Å². The highest BCUT2D eigenvalue weighted by Crippen LogP contribution is 2.25. The van der Waals surface area contributed by atoms with Crippen molar-refractivity contribution in [1.29, 1.82) is 0 Å². The van der Waals surface area contributed by atoms with Crippen molar-refractivity contribution in [3.05, 3.63) is 22.6 Å². The molecule has 2 aliphatic heterocycles. The third kappa shape index (κ3) is 3.57. The quantitative estimate of drug-likeness (QED) is 0.823. The Morgan fingerprint density at radius 2 is 1.78 bits per heavy atom. The van der Waals surface area contributed by atoms with Crippen LogP contribution in [0.25, 0.3) is 0 Å². The number of rotatable bonds is 2. The predicted molar refractivity (Wildman–Crippen MR) is 89.4 cm³/mol. The Kier molecular flexibility index (Phi) is 4.68. The van der Waals surface area contributed by atoms with E-state index >= 15 is 0 Å². The first kappa shape index (κ1) is 16.0. The van der Waals surface area contributed by atoms with Gasteiger partial charge in [0.1, 0.15) is 0 Å². The van der Waals surface area contributed by atoms with Crippen molar-refractivity contribution in [2.45, 2.75) is 32.6 Å². The third-order valence-electron chi connectivity index (χ3n) is 5.26. The molecule has 0 N–H and O–H groups in total. The van der Waals surface area contributed by atoms with Crippen molar-refractivity contribution in [3.8, 4) is 0 Å². The second-order valence-electron chi connectivity index (χ2n) is 6.94. The van der Waals surface area contributed by atoms with Gasteiger partial charge in [0.25, 0.3) is 5.56 Å². The summed E-state index contributed by atoms with van der Waals surface area (Å²) in [5.74, 6) is 1.21. The Labute approximate surface area is 137 Å². The topological polar surface area (TPSA) is 58.4 Å². The first-order valence-electron chi connectivity index (χ1n) is 8.61. The van der Waals surface area contributed by atoms with Gasteiger partial charge >= 0.3 is 0 Å². The maximum absolute atomic E-state index is 12.6. The van der Waals surface area contributed by atoms with E-state index < -0.39 is 0 Å². The molecule has 0 aliphatic carbocycles. The number of anilines is 1.